The van der Waals surface area contributed by atoms with Gasteiger partial charge in [-0.2, -0.15) is 0 Å². The van der Waals surface area contributed by atoms with Crippen molar-refractivity contribution in [1.82, 2.24) is 4.90 Å². The first-order valence-electron chi connectivity index (χ1n) is 5.55. The average Bonchev–Trinajstić information content (AvgIpc) is 2.75. The Morgan fingerprint density at radius 3 is 2.88 bits per heavy atom. The van der Waals surface area contributed by atoms with E-state index in [-0.39, 0.29) is 5.91 Å². The quantitative estimate of drug-likeness (QED) is 0.908. The number of halogens is 2. The van der Waals surface area contributed by atoms with Gasteiger partial charge in [-0.25, -0.2) is 4.39 Å². The standard InChI is InChI=1S/C12H14BrFN2O/c13-10-3-9(4-11(14)5-10)12(17)16-2-1-8(6-15)7-16/h3-5,8H,1-2,6-7,15H2. The Labute approximate surface area is 108 Å². The fourth-order valence-corrected chi connectivity index (χ4v) is 2.53. The molecule has 1 aliphatic rings. The highest BCUT2D eigenvalue weighted by molar-refractivity contribution is 9.10. The lowest BCUT2D eigenvalue weighted by atomic mass is 10.1. The first-order chi connectivity index (χ1) is 8.10. The van der Waals surface area contributed by atoms with E-state index < -0.39 is 5.82 Å². The van der Waals surface area contributed by atoms with Gasteiger partial charge in [0.25, 0.3) is 5.91 Å². The Morgan fingerprint density at radius 2 is 2.29 bits per heavy atom. The van der Waals surface area contributed by atoms with E-state index in [1.165, 1.54) is 12.1 Å². The topological polar surface area (TPSA) is 46.3 Å². The number of carbonyl (C=O) groups excluding carboxylic acids is 1. The molecule has 1 unspecified atom stereocenters. The zero-order valence-corrected chi connectivity index (χ0v) is 10.9. The minimum atomic E-state index is -0.405. The molecule has 3 nitrogen and oxygen atoms in total. The van der Waals surface area contributed by atoms with E-state index in [4.69, 9.17) is 5.73 Å². The molecule has 0 bridgehead atoms. The maximum absolute atomic E-state index is 13.2. The van der Waals surface area contributed by atoms with Crippen molar-refractivity contribution in [2.24, 2.45) is 11.7 Å². The number of amides is 1. The summed E-state index contributed by atoms with van der Waals surface area (Å²) < 4.78 is 13.8. The molecule has 92 valence electrons. The number of benzene rings is 1. The molecular weight excluding hydrogens is 287 g/mol. The number of hydrogen-bond acceptors (Lipinski definition) is 2. The van der Waals surface area contributed by atoms with Crippen molar-refractivity contribution < 1.29 is 9.18 Å². The van der Waals surface area contributed by atoms with Crippen LogP contribution in [-0.4, -0.2) is 30.4 Å². The summed E-state index contributed by atoms with van der Waals surface area (Å²) in [7, 11) is 0. The van der Waals surface area contributed by atoms with Crippen LogP contribution in [0.1, 0.15) is 16.8 Å². The third kappa shape index (κ3) is 2.84. The van der Waals surface area contributed by atoms with Crippen LogP contribution in [0, 0.1) is 11.7 Å². The van der Waals surface area contributed by atoms with Crippen molar-refractivity contribution >= 4 is 21.8 Å². The van der Waals surface area contributed by atoms with Gasteiger partial charge in [0, 0.05) is 23.1 Å². The molecule has 0 radical (unpaired) electrons. The van der Waals surface area contributed by atoms with Crippen molar-refractivity contribution in [2.75, 3.05) is 19.6 Å². The van der Waals surface area contributed by atoms with Crippen LogP contribution >= 0.6 is 15.9 Å². The van der Waals surface area contributed by atoms with Crippen LogP contribution < -0.4 is 5.73 Å². The summed E-state index contributed by atoms with van der Waals surface area (Å²) in [6, 6.07) is 4.24. The molecule has 2 N–H and O–H groups in total. The van der Waals surface area contributed by atoms with Crippen LogP contribution in [0.5, 0.6) is 0 Å². The number of rotatable bonds is 2. The Hall–Kier alpha value is -0.940. The van der Waals surface area contributed by atoms with Crippen molar-refractivity contribution in [1.29, 1.82) is 0 Å². The molecule has 2 rings (SSSR count). The molecule has 0 spiro atoms. The molecule has 1 fully saturated rings. The molecule has 1 saturated heterocycles. The van der Waals surface area contributed by atoms with Crippen LogP contribution in [0.25, 0.3) is 0 Å². The maximum atomic E-state index is 13.2. The Morgan fingerprint density at radius 1 is 1.53 bits per heavy atom. The third-order valence-electron chi connectivity index (χ3n) is 3.02. The van der Waals surface area contributed by atoms with E-state index in [9.17, 15) is 9.18 Å². The van der Waals surface area contributed by atoms with Crippen LogP contribution in [0.4, 0.5) is 4.39 Å². The van der Waals surface area contributed by atoms with Gasteiger partial charge in [-0.1, -0.05) is 15.9 Å². The Balaban J connectivity index is 2.14. The lowest BCUT2D eigenvalue weighted by Crippen LogP contribution is -2.29. The highest BCUT2D eigenvalue weighted by Gasteiger charge is 2.26. The number of carbonyl (C=O) groups is 1. The predicted molar refractivity (Wildman–Crippen MR) is 67.2 cm³/mol. The minimum Gasteiger partial charge on any atom is -0.338 e. The molecule has 1 amide bonds. The smallest absolute Gasteiger partial charge is 0.254 e. The van der Waals surface area contributed by atoms with Gasteiger partial charge in [-0.15, -0.1) is 0 Å². The molecule has 5 heteroatoms. The summed E-state index contributed by atoms with van der Waals surface area (Å²) in [5, 5.41) is 0. The van der Waals surface area contributed by atoms with Crippen LogP contribution in [0.15, 0.2) is 22.7 Å². The van der Waals surface area contributed by atoms with Gasteiger partial charge >= 0.3 is 0 Å². The molecule has 17 heavy (non-hydrogen) atoms. The van der Waals surface area contributed by atoms with Gasteiger partial charge in [-0.05, 0) is 37.1 Å². The fraction of sp³-hybridized carbons (Fsp3) is 0.417. The molecule has 1 atom stereocenters. The van der Waals surface area contributed by atoms with Crippen molar-refractivity contribution in [3.05, 3.63) is 34.1 Å². The average molecular weight is 301 g/mol. The zero-order chi connectivity index (χ0) is 12.4. The van der Waals surface area contributed by atoms with Gasteiger partial charge < -0.3 is 10.6 Å². The molecule has 0 aromatic heterocycles. The zero-order valence-electron chi connectivity index (χ0n) is 9.33. The van der Waals surface area contributed by atoms with Gasteiger partial charge in [0.15, 0.2) is 0 Å². The predicted octanol–water partition coefficient (Wildman–Crippen LogP) is 2.01. The third-order valence-corrected chi connectivity index (χ3v) is 3.47. The molecule has 1 heterocycles. The SMILES string of the molecule is NCC1CCN(C(=O)c2cc(F)cc(Br)c2)C1. The minimum absolute atomic E-state index is 0.124. The van der Waals surface area contributed by atoms with E-state index >= 15 is 0 Å². The summed E-state index contributed by atoms with van der Waals surface area (Å²) in [6.07, 6.45) is 0.929. The molecule has 0 aliphatic carbocycles. The van der Waals surface area contributed by atoms with E-state index in [0.29, 0.717) is 35.6 Å². The van der Waals surface area contributed by atoms with E-state index in [0.717, 1.165) is 6.42 Å². The lowest BCUT2D eigenvalue weighted by Gasteiger charge is -2.16. The summed E-state index contributed by atoms with van der Waals surface area (Å²) in [5.74, 6) is -0.158. The lowest BCUT2D eigenvalue weighted by molar-refractivity contribution is 0.0787. The monoisotopic (exact) mass is 300 g/mol. The van der Waals surface area contributed by atoms with Crippen LogP contribution in [0.2, 0.25) is 0 Å². The van der Waals surface area contributed by atoms with Crippen LogP contribution in [0.3, 0.4) is 0 Å². The summed E-state index contributed by atoms with van der Waals surface area (Å²) in [4.78, 5) is 13.8. The number of hydrogen-bond donors (Lipinski definition) is 1. The number of nitrogens with zero attached hydrogens (tertiary/aromatic N) is 1. The highest BCUT2D eigenvalue weighted by atomic mass is 79.9. The van der Waals surface area contributed by atoms with Crippen LogP contribution in [-0.2, 0) is 0 Å². The summed E-state index contributed by atoms with van der Waals surface area (Å²) >= 11 is 3.18. The van der Waals surface area contributed by atoms with E-state index in [1.54, 1.807) is 11.0 Å². The van der Waals surface area contributed by atoms with Gasteiger partial charge in [-0.3, -0.25) is 4.79 Å². The highest BCUT2D eigenvalue weighted by Crippen LogP contribution is 2.20. The number of nitrogens with two attached hydrogens (primary N) is 1. The Kier molecular flexibility index (Phi) is 3.79. The Bertz CT molecular complexity index is 418. The second-order valence-electron chi connectivity index (χ2n) is 4.30. The van der Waals surface area contributed by atoms with E-state index in [2.05, 4.69) is 15.9 Å². The molecule has 0 saturated carbocycles. The largest absolute Gasteiger partial charge is 0.338 e. The first kappa shape index (κ1) is 12.5. The van der Waals surface area contributed by atoms with Gasteiger partial charge in [0.05, 0.1) is 0 Å². The van der Waals surface area contributed by atoms with E-state index in [1.807, 2.05) is 0 Å². The summed E-state index contributed by atoms with van der Waals surface area (Å²) in [6.45, 7) is 1.97. The number of likely N-dealkylation sites (tertiary alicyclic amines) is 1. The van der Waals surface area contributed by atoms with Crippen molar-refractivity contribution in [2.45, 2.75) is 6.42 Å². The molecule has 1 aliphatic heterocycles. The fourth-order valence-electron chi connectivity index (χ4n) is 2.07. The second kappa shape index (κ2) is 5.14. The summed E-state index contributed by atoms with van der Waals surface area (Å²) in [5.41, 5.74) is 5.96. The normalized spacial score (nSPS) is 19.7. The van der Waals surface area contributed by atoms with Gasteiger partial charge in [0.1, 0.15) is 5.82 Å². The maximum Gasteiger partial charge on any atom is 0.254 e. The first-order valence-corrected chi connectivity index (χ1v) is 6.35. The molecule has 1 aromatic carbocycles. The van der Waals surface area contributed by atoms with Crippen molar-refractivity contribution in [3.8, 4) is 0 Å². The molecule has 1 aromatic rings. The van der Waals surface area contributed by atoms with Gasteiger partial charge in [0.2, 0.25) is 0 Å². The molecular formula is C12H14BrFN2O. The van der Waals surface area contributed by atoms with Crippen molar-refractivity contribution in [3.63, 3.8) is 0 Å². The second-order valence-corrected chi connectivity index (χ2v) is 5.22.